The van der Waals surface area contributed by atoms with Crippen LogP contribution < -0.4 is 5.32 Å². The molecule has 1 amide bonds. The Hall–Kier alpha value is -2.38. The molecule has 7 nitrogen and oxygen atoms in total. The van der Waals surface area contributed by atoms with Gasteiger partial charge in [-0.25, -0.2) is 4.98 Å². The molecule has 1 aliphatic heterocycles. The fraction of sp³-hybridized carbons (Fsp3) is 0.421. The Morgan fingerprint density at radius 2 is 2.11 bits per heavy atom. The van der Waals surface area contributed by atoms with E-state index >= 15 is 0 Å². The Morgan fingerprint density at radius 3 is 2.70 bits per heavy atom. The Morgan fingerprint density at radius 1 is 1.41 bits per heavy atom. The van der Waals surface area contributed by atoms with Gasteiger partial charge in [0.1, 0.15) is 5.54 Å². The van der Waals surface area contributed by atoms with Crippen LogP contribution in [-0.2, 0) is 16.0 Å². The van der Waals surface area contributed by atoms with Crippen LogP contribution in [0.4, 0.5) is 0 Å². The number of imidazole rings is 1. The average Bonchev–Trinajstić information content (AvgIpc) is 3.24. The van der Waals surface area contributed by atoms with E-state index < -0.39 is 17.4 Å². The van der Waals surface area contributed by atoms with E-state index in [9.17, 15) is 14.7 Å². The van der Waals surface area contributed by atoms with E-state index in [1.54, 1.807) is 43.5 Å². The number of carbonyl (C=O) groups excluding carboxylic acids is 1. The summed E-state index contributed by atoms with van der Waals surface area (Å²) in [7, 11) is 1.76. The second kappa shape index (κ2) is 7.70. The summed E-state index contributed by atoms with van der Waals surface area (Å²) in [6.45, 7) is 2.12. The van der Waals surface area contributed by atoms with Gasteiger partial charge in [-0.3, -0.25) is 14.5 Å². The number of hydrogen-bond acceptors (Lipinski definition) is 4. The molecule has 2 heterocycles. The zero-order chi connectivity index (χ0) is 19.6. The highest BCUT2D eigenvalue weighted by Crippen LogP contribution is 2.46. The van der Waals surface area contributed by atoms with Crippen LogP contribution in [-0.4, -0.2) is 51.0 Å². The number of amides is 1. The summed E-state index contributed by atoms with van der Waals surface area (Å²) in [4.78, 5) is 33.5. The molecular formula is C19H23ClN4O3. The molecule has 0 spiro atoms. The molecular weight excluding hydrogens is 368 g/mol. The molecule has 1 aromatic carbocycles. The number of carboxylic acids is 1. The van der Waals surface area contributed by atoms with Gasteiger partial charge in [0.15, 0.2) is 0 Å². The highest BCUT2D eigenvalue weighted by atomic mass is 35.5. The summed E-state index contributed by atoms with van der Waals surface area (Å²) in [5.41, 5.74) is 0.694. The predicted octanol–water partition coefficient (Wildman–Crippen LogP) is 2.26. The van der Waals surface area contributed by atoms with Crippen molar-refractivity contribution in [3.63, 3.8) is 0 Å². The average molecular weight is 391 g/mol. The molecule has 2 aromatic rings. The highest BCUT2D eigenvalue weighted by molar-refractivity contribution is 6.30. The van der Waals surface area contributed by atoms with E-state index in [0.29, 0.717) is 18.0 Å². The van der Waals surface area contributed by atoms with Crippen molar-refractivity contribution in [3.8, 4) is 0 Å². The molecule has 0 aliphatic carbocycles. The molecule has 8 heteroatoms. The number of H-pyrrole nitrogens is 1. The van der Waals surface area contributed by atoms with Crippen molar-refractivity contribution in [2.24, 2.45) is 5.92 Å². The molecule has 1 saturated heterocycles. The molecule has 1 fully saturated rings. The van der Waals surface area contributed by atoms with Crippen LogP contribution in [0.3, 0.4) is 0 Å². The van der Waals surface area contributed by atoms with Crippen molar-refractivity contribution in [2.75, 3.05) is 13.6 Å². The number of carboxylic acid groups (broad SMARTS) is 1. The summed E-state index contributed by atoms with van der Waals surface area (Å²) >= 11 is 5.98. The van der Waals surface area contributed by atoms with Gasteiger partial charge in [-0.05, 0) is 38.1 Å². The zero-order valence-corrected chi connectivity index (χ0v) is 16.0. The lowest BCUT2D eigenvalue weighted by atomic mass is 9.89. The number of likely N-dealkylation sites (N-methyl/N-ethyl adjacent to an activating group) is 1. The van der Waals surface area contributed by atoms with Crippen LogP contribution >= 0.6 is 11.6 Å². The van der Waals surface area contributed by atoms with E-state index in [1.165, 1.54) is 0 Å². The van der Waals surface area contributed by atoms with E-state index in [4.69, 9.17) is 11.6 Å². The first-order valence-electron chi connectivity index (χ1n) is 8.79. The fourth-order valence-electron chi connectivity index (χ4n) is 3.72. The standard InChI is InChI=1S/C19H23ClN4O3/c1-19(18(26)27)9-15(17(25)22-8-7-14-10-21-11-23-14)16(24(19)2)12-3-5-13(20)6-4-12/h3-6,10-11,15-16H,7-9H2,1-2H3,(H,21,23)(H,22,25)(H,26,27)/t15-,16-,19-/m1/s1. The lowest BCUT2D eigenvalue weighted by Gasteiger charge is -2.32. The third-order valence-electron chi connectivity index (χ3n) is 5.45. The molecule has 144 valence electrons. The monoisotopic (exact) mass is 390 g/mol. The van der Waals surface area contributed by atoms with Gasteiger partial charge in [-0.15, -0.1) is 0 Å². The SMILES string of the molecule is CN1[C@H](c2ccc(Cl)cc2)[C@H](C(=O)NCCc2cnc[nH]2)C[C@]1(C)C(=O)O. The van der Waals surface area contributed by atoms with Gasteiger partial charge in [0.2, 0.25) is 5.91 Å². The van der Waals surface area contributed by atoms with Gasteiger partial charge in [0.25, 0.3) is 0 Å². The number of aromatic nitrogens is 2. The lowest BCUT2D eigenvalue weighted by molar-refractivity contribution is -0.148. The van der Waals surface area contributed by atoms with Crippen LogP contribution in [0.15, 0.2) is 36.8 Å². The number of nitrogens with one attached hydrogen (secondary N) is 2. The van der Waals surface area contributed by atoms with Crippen molar-refractivity contribution < 1.29 is 14.7 Å². The molecule has 27 heavy (non-hydrogen) atoms. The van der Waals surface area contributed by atoms with E-state index in [0.717, 1.165) is 11.3 Å². The maximum Gasteiger partial charge on any atom is 0.323 e. The van der Waals surface area contributed by atoms with Gasteiger partial charge in [-0.1, -0.05) is 23.7 Å². The van der Waals surface area contributed by atoms with Gasteiger partial charge >= 0.3 is 5.97 Å². The van der Waals surface area contributed by atoms with Crippen molar-refractivity contribution in [1.82, 2.24) is 20.2 Å². The Balaban J connectivity index is 1.79. The maximum atomic E-state index is 12.9. The van der Waals surface area contributed by atoms with Crippen molar-refractivity contribution >= 4 is 23.5 Å². The molecule has 1 aliphatic rings. The van der Waals surface area contributed by atoms with Crippen LogP contribution in [0.5, 0.6) is 0 Å². The summed E-state index contributed by atoms with van der Waals surface area (Å²) in [5.74, 6) is -1.55. The summed E-state index contributed by atoms with van der Waals surface area (Å²) in [6, 6.07) is 6.88. The highest BCUT2D eigenvalue weighted by Gasteiger charge is 2.54. The second-order valence-electron chi connectivity index (χ2n) is 7.11. The number of nitrogens with zero attached hydrogens (tertiary/aromatic N) is 2. The first-order chi connectivity index (χ1) is 12.8. The van der Waals surface area contributed by atoms with Crippen molar-refractivity contribution in [2.45, 2.75) is 31.3 Å². The molecule has 3 atom stereocenters. The molecule has 3 N–H and O–H groups in total. The molecule has 1 aromatic heterocycles. The smallest absolute Gasteiger partial charge is 0.323 e. The topological polar surface area (TPSA) is 98.3 Å². The summed E-state index contributed by atoms with van der Waals surface area (Å²) in [5, 5.41) is 13.3. The Bertz CT molecular complexity index is 809. The molecule has 3 rings (SSSR count). The minimum atomic E-state index is -1.12. The second-order valence-corrected chi connectivity index (χ2v) is 7.55. The minimum absolute atomic E-state index is 0.147. The van der Waals surface area contributed by atoms with Crippen LogP contribution in [0.25, 0.3) is 0 Å². The Labute approximate surface area is 162 Å². The van der Waals surface area contributed by atoms with Gasteiger partial charge in [0.05, 0.1) is 12.2 Å². The summed E-state index contributed by atoms with van der Waals surface area (Å²) < 4.78 is 0. The number of halogens is 1. The zero-order valence-electron chi connectivity index (χ0n) is 15.3. The van der Waals surface area contributed by atoms with E-state index in [1.807, 2.05) is 12.1 Å². The number of carbonyl (C=O) groups is 2. The number of rotatable bonds is 6. The quantitative estimate of drug-likeness (QED) is 0.702. The number of benzene rings is 1. The molecule has 0 radical (unpaired) electrons. The number of likely N-dealkylation sites (tertiary alicyclic amines) is 1. The van der Waals surface area contributed by atoms with Gasteiger partial charge < -0.3 is 15.4 Å². The molecule has 0 unspecified atom stereocenters. The number of hydrogen-bond donors (Lipinski definition) is 3. The van der Waals surface area contributed by atoms with Crippen LogP contribution in [0, 0.1) is 5.92 Å². The normalized spacial score (nSPS) is 25.4. The third kappa shape index (κ3) is 3.84. The first-order valence-corrected chi connectivity index (χ1v) is 9.17. The van der Waals surface area contributed by atoms with Gasteiger partial charge in [-0.2, -0.15) is 0 Å². The largest absolute Gasteiger partial charge is 0.480 e. The molecule has 0 bridgehead atoms. The number of aromatic amines is 1. The van der Waals surface area contributed by atoms with Crippen LogP contribution in [0.1, 0.15) is 30.6 Å². The number of aliphatic carboxylic acids is 1. The molecule has 0 saturated carbocycles. The van der Waals surface area contributed by atoms with E-state index in [-0.39, 0.29) is 18.4 Å². The summed E-state index contributed by atoms with van der Waals surface area (Å²) in [6.07, 6.45) is 4.18. The third-order valence-corrected chi connectivity index (χ3v) is 5.70. The van der Waals surface area contributed by atoms with Crippen molar-refractivity contribution in [1.29, 1.82) is 0 Å². The maximum absolute atomic E-state index is 12.9. The Kier molecular flexibility index (Phi) is 5.53. The predicted molar refractivity (Wildman–Crippen MR) is 101 cm³/mol. The minimum Gasteiger partial charge on any atom is -0.480 e. The van der Waals surface area contributed by atoms with Gasteiger partial charge in [0, 0.05) is 35.9 Å². The van der Waals surface area contributed by atoms with E-state index in [2.05, 4.69) is 15.3 Å². The first kappa shape index (κ1) is 19.4. The van der Waals surface area contributed by atoms with Crippen LogP contribution in [0.2, 0.25) is 5.02 Å². The lowest BCUT2D eigenvalue weighted by Crippen LogP contribution is -2.46. The fourth-order valence-corrected chi connectivity index (χ4v) is 3.85. The van der Waals surface area contributed by atoms with Crippen molar-refractivity contribution in [3.05, 3.63) is 53.1 Å².